The van der Waals surface area contributed by atoms with E-state index in [1.807, 2.05) is 12.1 Å². The Hall–Kier alpha value is -1.19. The molecule has 0 radical (unpaired) electrons. The van der Waals surface area contributed by atoms with Crippen LogP contribution in [-0.4, -0.2) is 4.98 Å². The van der Waals surface area contributed by atoms with Gasteiger partial charge >= 0.3 is 0 Å². The molecule has 0 aliphatic carbocycles. The van der Waals surface area contributed by atoms with Crippen molar-refractivity contribution in [2.24, 2.45) is 5.73 Å². The molecule has 0 amide bonds. The van der Waals surface area contributed by atoms with Gasteiger partial charge in [0.2, 0.25) is 0 Å². The van der Waals surface area contributed by atoms with Crippen LogP contribution in [0, 0.1) is 13.8 Å². The summed E-state index contributed by atoms with van der Waals surface area (Å²) in [5.41, 5.74) is 8.55. The number of thiophene rings is 1. The Balaban J connectivity index is 2.36. The van der Waals surface area contributed by atoms with Crippen molar-refractivity contribution in [2.45, 2.75) is 19.9 Å². The Morgan fingerprint density at radius 2 is 1.93 bits per heavy atom. The second-order valence-corrected chi connectivity index (χ2v) is 5.09. The minimum Gasteiger partial charge on any atom is -0.320 e. The number of pyridine rings is 1. The summed E-state index contributed by atoms with van der Waals surface area (Å²) in [6.07, 6.45) is 3.56. The summed E-state index contributed by atoms with van der Waals surface area (Å²) in [5, 5.41) is 0. The molecular formula is C12H14N2S. The molecule has 0 saturated carbocycles. The first-order chi connectivity index (χ1) is 7.18. The minimum atomic E-state index is -0.0297. The molecule has 0 saturated heterocycles. The van der Waals surface area contributed by atoms with Crippen LogP contribution in [0.4, 0.5) is 0 Å². The quantitative estimate of drug-likeness (QED) is 0.841. The van der Waals surface area contributed by atoms with Crippen LogP contribution in [0.1, 0.15) is 26.9 Å². The number of rotatable bonds is 2. The topological polar surface area (TPSA) is 38.9 Å². The molecule has 2 nitrogen and oxygen atoms in total. The van der Waals surface area contributed by atoms with Crippen LogP contribution in [0.15, 0.2) is 30.6 Å². The van der Waals surface area contributed by atoms with E-state index in [1.54, 1.807) is 23.7 Å². The van der Waals surface area contributed by atoms with Crippen molar-refractivity contribution in [2.75, 3.05) is 0 Å². The van der Waals surface area contributed by atoms with Crippen molar-refractivity contribution in [1.82, 2.24) is 4.98 Å². The molecule has 2 rings (SSSR count). The van der Waals surface area contributed by atoms with Gasteiger partial charge < -0.3 is 5.73 Å². The fraction of sp³-hybridized carbons (Fsp3) is 0.250. The van der Waals surface area contributed by atoms with Gasteiger partial charge in [0.05, 0.1) is 6.04 Å². The highest BCUT2D eigenvalue weighted by atomic mass is 32.1. The van der Waals surface area contributed by atoms with Crippen LogP contribution in [0.5, 0.6) is 0 Å². The SMILES string of the molecule is Cc1cc(C(N)c2ccncc2)c(C)s1. The second kappa shape index (κ2) is 4.13. The number of aryl methyl sites for hydroxylation is 2. The normalized spacial score (nSPS) is 12.7. The highest BCUT2D eigenvalue weighted by Gasteiger charge is 2.13. The Kier molecular flexibility index (Phi) is 2.84. The molecule has 1 atom stereocenters. The van der Waals surface area contributed by atoms with Gasteiger partial charge in [-0.1, -0.05) is 0 Å². The van der Waals surface area contributed by atoms with Crippen molar-refractivity contribution in [3.8, 4) is 0 Å². The number of nitrogens with zero attached hydrogens (tertiary/aromatic N) is 1. The molecule has 0 spiro atoms. The molecule has 0 aliphatic heterocycles. The third kappa shape index (κ3) is 2.08. The molecule has 2 N–H and O–H groups in total. The van der Waals surface area contributed by atoms with Crippen molar-refractivity contribution in [1.29, 1.82) is 0 Å². The summed E-state index contributed by atoms with van der Waals surface area (Å²) in [5.74, 6) is 0. The molecule has 0 aliphatic rings. The van der Waals surface area contributed by atoms with E-state index in [0.717, 1.165) is 5.56 Å². The van der Waals surface area contributed by atoms with Crippen LogP contribution in [0.25, 0.3) is 0 Å². The fourth-order valence-corrected chi connectivity index (χ4v) is 2.68. The van der Waals surface area contributed by atoms with Gasteiger partial charge in [0.1, 0.15) is 0 Å². The predicted octanol–water partition coefficient (Wildman–Crippen LogP) is 2.81. The van der Waals surface area contributed by atoms with Crippen LogP contribution in [0.3, 0.4) is 0 Å². The van der Waals surface area contributed by atoms with Gasteiger partial charge in [0.15, 0.2) is 0 Å². The standard InChI is InChI=1S/C12H14N2S/c1-8-7-11(9(2)15-8)12(13)10-3-5-14-6-4-10/h3-7,12H,13H2,1-2H3. The molecule has 2 aromatic rings. The lowest BCUT2D eigenvalue weighted by Gasteiger charge is -2.11. The van der Waals surface area contributed by atoms with Crippen molar-refractivity contribution >= 4 is 11.3 Å². The van der Waals surface area contributed by atoms with E-state index in [2.05, 4.69) is 24.9 Å². The first kappa shape index (κ1) is 10.3. The Morgan fingerprint density at radius 1 is 1.27 bits per heavy atom. The first-order valence-electron chi connectivity index (χ1n) is 4.91. The summed E-state index contributed by atoms with van der Waals surface area (Å²) >= 11 is 1.80. The van der Waals surface area contributed by atoms with Crippen molar-refractivity contribution < 1.29 is 0 Å². The van der Waals surface area contributed by atoms with E-state index in [1.165, 1.54) is 15.3 Å². The smallest absolute Gasteiger partial charge is 0.0563 e. The Bertz CT molecular complexity index is 448. The molecule has 0 bridgehead atoms. The summed E-state index contributed by atoms with van der Waals surface area (Å²) in [4.78, 5) is 6.61. The zero-order valence-corrected chi connectivity index (χ0v) is 9.71. The number of hydrogen-bond acceptors (Lipinski definition) is 3. The summed E-state index contributed by atoms with van der Waals surface area (Å²) < 4.78 is 0. The summed E-state index contributed by atoms with van der Waals surface area (Å²) in [6.45, 7) is 4.23. The molecule has 0 aromatic carbocycles. The van der Waals surface area contributed by atoms with Gasteiger partial charge in [-0.25, -0.2) is 0 Å². The number of aromatic nitrogens is 1. The molecule has 78 valence electrons. The van der Waals surface area contributed by atoms with Crippen LogP contribution >= 0.6 is 11.3 Å². The monoisotopic (exact) mass is 218 g/mol. The fourth-order valence-electron chi connectivity index (χ4n) is 1.71. The van der Waals surface area contributed by atoms with Gasteiger partial charge in [0.25, 0.3) is 0 Å². The van der Waals surface area contributed by atoms with E-state index < -0.39 is 0 Å². The Labute approximate surface area is 93.8 Å². The largest absolute Gasteiger partial charge is 0.320 e. The van der Waals surface area contributed by atoms with Crippen molar-refractivity contribution in [3.63, 3.8) is 0 Å². The van der Waals surface area contributed by atoms with Gasteiger partial charge in [-0.2, -0.15) is 0 Å². The third-order valence-electron chi connectivity index (χ3n) is 2.48. The molecular weight excluding hydrogens is 204 g/mol. The average Bonchev–Trinajstić information content (AvgIpc) is 2.58. The highest BCUT2D eigenvalue weighted by molar-refractivity contribution is 7.12. The van der Waals surface area contributed by atoms with Crippen LogP contribution < -0.4 is 5.73 Å². The van der Waals surface area contributed by atoms with E-state index >= 15 is 0 Å². The maximum atomic E-state index is 6.21. The van der Waals surface area contributed by atoms with Crippen LogP contribution in [0.2, 0.25) is 0 Å². The molecule has 2 heterocycles. The highest BCUT2D eigenvalue weighted by Crippen LogP contribution is 2.28. The predicted molar refractivity (Wildman–Crippen MR) is 64.1 cm³/mol. The molecule has 15 heavy (non-hydrogen) atoms. The average molecular weight is 218 g/mol. The minimum absolute atomic E-state index is 0.0297. The third-order valence-corrected chi connectivity index (χ3v) is 3.46. The molecule has 2 aromatic heterocycles. The summed E-state index contributed by atoms with van der Waals surface area (Å²) in [6, 6.07) is 6.08. The maximum Gasteiger partial charge on any atom is 0.0563 e. The number of nitrogens with two attached hydrogens (primary N) is 1. The zero-order valence-electron chi connectivity index (χ0n) is 8.90. The number of hydrogen-bond donors (Lipinski definition) is 1. The van der Waals surface area contributed by atoms with Crippen molar-refractivity contribution in [3.05, 3.63) is 51.5 Å². The van der Waals surface area contributed by atoms with Gasteiger partial charge in [-0.3, -0.25) is 4.98 Å². The maximum absolute atomic E-state index is 6.21. The lowest BCUT2D eigenvalue weighted by Crippen LogP contribution is -2.11. The van der Waals surface area contributed by atoms with Gasteiger partial charge in [-0.05, 0) is 43.2 Å². The van der Waals surface area contributed by atoms with E-state index in [-0.39, 0.29) is 6.04 Å². The van der Waals surface area contributed by atoms with Gasteiger partial charge in [-0.15, -0.1) is 11.3 Å². The first-order valence-corrected chi connectivity index (χ1v) is 5.72. The summed E-state index contributed by atoms with van der Waals surface area (Å²) in [7, 11) is 0. The van der Waals surface area contributed by atoms with Gasteiger partial charge in [0, 0.05) is 22.1 Å². The van der Waals surface area contributed by atoms with Crippen LogP contribution in [-0.2, 0) is 0 Å². The van der Waals surface area contributed by atoms with E-state index in [4.69, 9.17) is 5.73 Å². The molecule has 3 heteroatoms. The molecule has 1 unspecified atom stereocenters. The Morgan fingerprint density at radius 3 is 2.47 bits per heavy atom. The van der Waals surface area contributed by atoms with E-state index in [9.17, 15) is 0 Å². The lowest BCUT2D eigenvalue weighted by molar-refractivity contribution is 0.865. The lowest BCUT2D eigenvalue weighted by atomic mass is 10.0. The zero-order chi connectivity index (χ0) is 10.8. The van der Waals surface area contributed by atoms with E-state index in [0.29, 0.717) is 0 Å². The molecule has 0 fully saturated rings. The second-order valence-electron chi connectivity index (χ2n) is 3.63.